The van der Waals surface area contributed by atoms with Crippen LogP contribution >= 0.6 is 0 Å². The topological polar surface area (TPSA) is 114 Å². The minimum Gasteiger partial charge on any atom is -0.489 e. The first-order chi connectivity index (χ1) is 16.5. The Balaban J connectivity index is 1.99. The van der Waals surface area contributed by atoms with Gasteiger partial charge in [0, 0.05) is 0 Å². The number of cyclic esters (lactones) is 1. The molecule has 0 N–H and O–H groups in total. The summed E-state index contributed by atoms with van der Waals surface area (Å²) >= 11 is 0. The van der Waals surface area contributed by atoms with Gasteiger partial charge < -0.3 is 23.1 Å². The smallest absolute Gasteiger partial charge is 0.489 e. The fourth-order valence-electron chi connectivity index (χ4n) is 2.86. The third-order valence-corrected chi connectivity index (χ3v) is 5.43. The molecule has 0 fully saturated rings. The van der Waals surface area contributed by atoms with Crippen LogP contribution in [0.1, 0.15) is 11.1 Å². The van der Waals surface area contributed by atoms with Crippen LogP contribution < -0.4 is 4.74 Å². The van der Waals surface area contributed by atoms with Crippen LogP contribution in [-0.2, 0) is 44.7 Å². The molecule has 0 radical (unpaired) electrons. The second kappa shape index (κ2) is 10.1. The zero-order chi connectivity index (χ0) is 25.8. The second-order valence-corrected chi connectivity index (χ2v) is 8.27. The van der Waals surface area contributed by atoms with Crippen molar-refractivity contribution in [3.63, 3.8) is 0 Å². The number of halogens is 3. The van der Waals surface area contributed by atoms with E-state index in [-0.39, 0.29) is 12.2 Å². The molecule has 3 rings (SSSR count). The molecule has 2 aromatic rings. The largest absolute Gasteiger partial charge is 0.534 e. The second-order valence-electron chi connectivity index (χ2n) is 6.73. The lowest BCUT2D eigenvalue weighted by Crippen LogP contribution is -2.26. The first-order valence-electron chi connectivity index (χ1n) is 9.59. The molecule has 0 atom stereocenters. The Labute approximate surface area is 197 Å². The van der Waals surface area contributed by atoms with E-state index in [1.54, 1.807) is 0 Å². The van der Waals surface area contributed by atoms with Gasteiger partial charge in [-0.2, -0.15) is 21.6 Å². The van der Waals surface area contributed by atoms with Gasteiger partial charge in [0.15, 0.2) is 5.76 Å². The van der Waals surface area contributed by atoms with Gasteiger partial charge in [0.2, 0.25) is 5.76 Å². The van der Waals surface area contributed by atoms with E-state index in [9.17, 15) is 31.2 Å². The first kappa shape index (κ1) is 25.6. The zero-order valence-electron chi connectivity index (χ0n) is 18.1. The zero-order valence-corrected chi connectivity index (χ0v) is 18.9. The highest BCUT2D eigenvalue weighted by atomic mass is 32.2. The lowest BCUT2D eigenvalue weighted by atomic mass is 10.0. The molecule has 1 aliphatic rings. The number of hydrogen-bond donors (Lipinski definition) is 0. The summed E-state index contributed by atoms with van der Waals surface area (Å²) in [4.78, 5) is 24.7. The summed E-state index contributed by atoms with van der Waals surface area (Å²) in [6.07, 6.45) is 0. The summed E-state index contributed by atoms with van der Waals surface area (Å²) in [5, 5.41) is 0. The number of ether oxygens (including phenoxy) is 4. The molecule has 0 aromatic heterocycles. The van der Waals surface area contributed by atoms with Crippen LogP contribution in [0.25, 0.3) is 5.57 Å². The standard InChI is InChI=1S/C22H17F3O9S/c1-30-18-17(33-21(27)19(18)34-35(28,29)22(23,24)25)16(20(26)31-2)14-8-10-15(11-9-14)32-12-13-6-4-3-5-7-13/h3-11H,12H2,1-2H3/b17-16+. The van der Waals surface area contributed by atoms with Crippen LogP contribution in [0.4, 0.5) is 13.2 Å². The fourth-order valence-corrected chi connectivity index (χ4v) is 3.32. The molecule has 2 aromatic carbocycles. The van der Waals surface area contributed by atoms with Crippen LogP contribution in [0.3, 0.4) is 0 Å². The highest BCUT2D eigenvalue weighted by Crippen LogP contribution is 2.37. The molecule has 1 aliphatic heterocycles. The quantitative estimate of drug-likeness (QED) is 0.226. The molecule has 0 aliphatic carbocycles. The number of hydrogen-bond acceptors (Lipinski definition) is 9. The summed E-state index contributed by atoms with van der Waals surface area (Å²) in [6.45, 7) is 0.258. The van der Waals surface area contributed by atoms with Gasteiger partial charge in [0.05, 0.1) is 14.2 Å². The molecule has 1 heterocycles. The average molecular weight is 514 g/mol. The van der Waals surface area contributed by atoms with Crippen molar-refractivity contribution >= 4 is 27.6 Å². The van der Waals surface area contributed by atoms with Crippen molar-refractivity contribution in [1.29, 1.82) is 0 Å². The van der Waals surface area contributed by atoms with Gasteiger partial charge in [-0.25, -0.2) is 9.59 Å². The van der Waals surface area contributed by atoms with Crippen LogP contribution in [0.5, 0.6) is 5.75 Å². The van der Waals surface area contributed by atoms with Gasteiger partial charge in [-0.1, -0.05) is 42.5 Å². The maximum Gasteiger partial charge on any atom is 0.534 e. The van der Waals surface area contributed by atoms with E-state index in [2.05, 4.69) is 4.18 Å². The molecule has 0 amide bonds. The van der Waals surface area contributed by atoms with Crippen molar-refractivity contribution in [2.24, 2.45) is 0 Å². The maximum absolute atomic E-state index is 12.7. The summed E-state index contributed by atoms with van der Waals surface area (Å²) in [6, 6.07) is 15.0. The molecular formula is C22H17F3O9S. The van der Waals surface area contributed by atoms with E-state index in [1.807, 2.05) is 30.3 Å². The van der Waals surface area contributed by atoms with Crippen LogP contribution in [0.2, 0.25) is 0 Å². The molecule has 0 saturated carbocycles. The van der Waals surface area contributed by atoms with Crippen molar-refractivity contribution in [2.45, 2.75) is 12.1 Å². The third kappa shape index (κ3) is 5.57. The van der Waals surface area contributed by atoms with Crippen molar-refractivity contribution in [3.05, 3.63) is 83.0 Å². The first-order valence-corrected chi connectivity index (χ1v) is 11.0. The SMILES string of the molecule is COC(=O)/C(=C1/OC(=O)C(OS(=O)(=O)C(F)(F)F)=C1OC)c1ccc(OCc2ccccc2)cc1. The number of rotatable bonds is 8. The summed E-state index contributed by atoms with van der Waals surface area (Å²) in [7, 11) is -4.30. The minimum atomic E-state index is -6.23. The fraction of sp³-hybridized carbons (Fsp3) is 0.182. The normalized spacial score (nSPS) is 15.4. The Hall–Kier alpha value is -4.00. The van der Waals surface area contributed by atoms with E-state index >= 15 is 0 Å². The Morgan fingerprint density at radius 3 is 2.14 bits per heavy atom. The molecular weight excluding hydrogens is 497 g/mol. The van der Waals surface area contributed by atoms with Crippen molar-refractivity contribution < 1.29 is 54.3 Å². The van der Waals surface area contributed by atoms with Gasteiger partial charge in [-0.15, -0.1) is 0 Å². The van der Waals surface area contributed by atoms with Gasteiger partial charge in [-0.05, 0) is 23.3 Å². The molecule has 0 spiro atoms. The van der Waals surface area contributed by atoms with Crippen molar-refractivity contribution in [2.75, 3.05) is 14.2 Å². The molecule has 13 heteroatoms. The van der Waals surface area contributed by atoms with E-state index < -0.39 is 50.4 Å². The highest BCUT2D eigenvalue weighted by Gasteiger charge is 2.52. The molecule has 186 valence electrons. The number of carbonyl (C=O) groups excluding carboxylic acids is 2. The van der Waals surface area contributed by atoms with Gasteiger partial charge >= 0.3 is 27.6 Å². The monoisotopic (exact) mass is 514 g/mol. The van der Waals surface area contributed by atoms with E-state index in [4.69, 9.17) is 18.9 Å². The maximum atomic E-state index is 12.7. The lowest BCUT2D eigenvalue weighted by molar-refractivity contribution is -0.135. The van der Waals surface area contributed by atoms with Gasteiger partial charge in [-0.3, -0.25) is 0 Å². The molecule has 0 unspecified atom stereocenters. The predicted octanol–water partition coefficient (Wildman–Crippen LogP) is 3.43. The average Bonchev–Trinajstić information content (AvgIpc) is 3.12. The van der Waals surface area contributed by atoms with E-state index in [0.717, 1.165) is 19.8 Å². The Morgan fingerprint density at radius 1 is 0.971 bits per heavy atom. The van der Waals surface area contributed by atoms with Crippen LogP contribution in [0, 0.1) is 0 Å². The highest BCUT2D eigenvalue weighted by molar-refractivity contribution is 7.87. The van der Waals surface area contributed by atoms with E-state index in [1.165, 1.54) is 24.3 Å². The Bertz CT molecular complexity index is 1280. The molecule has 35 heavy (non-hydrogen) atoms. The summed E-state index contributed by atoms with van der Waals surface area (Å²) in [5.74, 6) is -5.18. The van der Waals surface area contributed by atoms with Gasteiger partial charge in [0.1, 0.15) is 17.9 Å². The number of alkyl halides is 3. The number of methoxy groups -OCH3 is 2. The lowest BCUT2D eigenvalue weighted by Gasteiger charge is -2.12. The molecule has 9 nitrogen and oxygen atoms in total. The van der Waals surface area contributed by atoms with Crippen molar-refractivity contribution in [1.82, 2.24) is 0 Å². The summed E-state index contributed by atoms with van der Waals surface area (Å²) in [5.41, 5.74) is -5.26. The Morgan fingerprint density at radius 2 is 1.60 bits per heavy atom. The molecule has 0 saturated heterocycles. The van der Waals surface area contributed by atoms with Gasteiger partial charge in [0.25, 0.3) is 5.76 Å². The summed E-state index contributed by atoms with van der Waals surface area (Å²) < 4.78 is 85.0. The third-order valence-electron chi connectivity index (χ3n) is 4.48. The number of esters is 2. The van der Waals surface area contributed by atoms with Crippen molar-refractivity contribution in [3.8, 4) is 5.75 Å². The van der Waals surface area contributed by atoms with Crippen LogP contribution in [0.15, 0.2) is 71.9 Å². The predicted molar refractivity (Wildman–Crippen MR) is 112 cm³/mol. The molecule has 0 bridgehead atoms. The number of benzene rings is 2. The van der Waals surface area contributed by atoms with E-state index in [0.29, 0.717) is 5.75 Å². The minimum absolute atomic E-state index is 0.0983. The number of carbonyl (C=O) groups is 2. The van der Waals surface area contributed by atoms with Crippen LogP contribution in [-0.4, -0.2) is 40.1 Å². The Kier molecular flexibility index (Phi) is 7.39.